The van der Waals surface area contributed by atoms with Crippen LogP contribution in [0.1, 0.15) is 51.0 Å². The number of thioether (sulfide) groups is 1. The quantitative estimate of drug-likeness (QED) is 0.659. The molecule has 0 spiro atoms. The van der Waals surface area contributed by atoms with Crippen molar-refractivity contribution < 1.29 is 4.79 Å². The highest BCUT2D eigenvalue weighted by atomic mass is 32.2. The number of carbonyl (C=O) groups excluding carboxylic acids is 1. The van der Waals surface area contributed by atoms with Crippen LogP contribution in [0.15, 0.2) is 34.2 Å². The van der Waals surface area contributed by atoms with Gasteiger partial charge in [-0.05, 0) is 37.8 Å². The summed E-state index contributed by atoms with van der Waals surface area (Å²) in [7, 11) is 0. The van der Waals surface area contributed by atoms with Crippen LogP contribution in [-0.2, 0) is 4.79 Å². The third kappa shape index (κ3) is 3.73. The molecule has 0 unspecified atom stereocenters. The van der Waals surface area contributed by atoms with Crippen molar-refractivity contribution in [1.29, 1.82) is 0 Å². The van der Waals surface area contributed by atoms with E-state index in [1.54, 1.807) is 4.57 Å². The van der Waals surface area contributed by atoms with E-state index in [-0.39, 0.29) is 17.5 Å². The standard InChI is InChI=1S/C19H23N3O2S/c23-17(20-13-6-2-1-3-7-13)12-25-19-21-16-9-5-4-8-15(16)18(24)22(19)14-10-11-14/h4-5,8-9,13-14H,1-3,6-7,10-12H2,(H,20,23). The number of hydrogen-bond donors (Lipinski definition) is 1. The van der Waals surface area contributed by atoms with Gasteiger partial charge in [-0.1, -0.05) is 43.2 Å². The smallest absolute Gasteiger partial charge is 0.262 e. The van der Waals surface area contributed by atoms with Crippen molar-refractivity contribution in [2.75, 3.05) is 5.75 Å². The predicted molar refractivity (Wildman–Crippen MR) is 100 cm³/mol. The molecule has 132 valence electrons. The summed E-state index contributed by atoms with van der Waals surface area (Å²) < 4.78 is 1.79. The molecule has 1 aromatic carbocycles. The molecule has 0 atom stereocenters. The SMILES string of the molecule is O=C(CSc1nc2ccccc2c(=O)n1C1CC1)NC1CCCCC1. The van der Waals surface area contributed by atoms with Gasteiger partial charge < -0.3 is 5.32 Å². The van der Waals surface area contributed by atoms with Crippen molar-refractivity contribution in [1.82, 2.24) is 14.9 Å². The van der Waals surface area contributed by atoms with Crippen LogP contribution in [0.25, 0.3) is 10.9 Å². The Morgan fingerprint density at radius 1 is 1.16 bits per heavy atom. The lowest BCUT2D eigenvalue weighted by Crippen LogP contribution is -2.37. The molecule has 0 radical (unpaired) electrons. The number of rotatable bonds is 5. The Hall–Kier alpha value is -1.82. The Morgan fingerprint density at radius 3 is 2.68 bits per heavy atom. The van der Waals surface area contributed by atoms with Crippen molar-refractivity contribution in [2.45, 2.75) is 62.2 Å². The number of benzene rings is 1. The largest absolute Gasteiger partial charge is 0.353 e. The van der Waals surface area contributed by atoms with Gasteiger partial charge in [-0.25, -0.2) is 4.98 Å². The van der Waals surface area contributed by atoms with E-state index < -0.39 is 0 Å². The third-order valence-electron chi connectivity index (χ3n) is 4.99. The minimum Gasteiger partial charge on any atom is -0.353 e. The summed E-state index contributed by atoms with van der Waals surface area (Å²) in [6, 6.07) is 8.01. The first kappa shape index (κ1) is 16.6. The summed E-state index contributed by atoms with van der Waals surface area (Å²) in [5, 5.41) is 4.46. The summed E-state index contributed by atoms with van der Waals surface area (Å²) in [6.07, 6.45) is 7.87. The Balaban J connectivity index is 1.51. The molecule has 0 saturated heterocycles. The maximum Gasteiger partial charge on any atom is 0.262 e. The van der Waals surface area contributed by atoms with Gasteiger partial charge in [-0.3, -0.25) is 14.2 Å². The zero-order valence-corrected chi connectivity index (χ0v) is 15.1. The van der Waals surface area contributed by atoms with E-state index in [4.69, 9.17) is 0 Å². The number of fused-ring (bicyclic) bond motifs is 1. The average molecular weight is 357 g/mol. The first-order valence-corrected chi connectivity index (χ1v) is 10.1. The second kappa shape index (κ2) is 7.20. The van der Waals surface area contributed by atoms with Crippen molar-refractivity contribution in [2.24, 2.45) is 0 Å². The highest BCUT2D eigenvalue weighted by Gasteiger charge is 2.28. The number of para-hydroxylation sites is 1. The van der Waals surface area contributed by atoms with Gasteiger partial charge in [0.1, 0.15) is 0 Å². The van der Waals surface area contributed by atoms with E-state index in [2.05, 4.69) is 10.3 Å². The molecule has 1 N–H and O–H groups in total. The van der Waals surface area contributed by atoms with E-state index >= 15 is 0 Å². The summed E-state index contributed by atoms with van der Waals surface area (Å²) in [4.78, 5) is 29.7. The van der Waals surface area contributed by atoms with Crippen molar-refractivity contribution in [3.05, 3.63) is 34.6 Å². The van der Waals surface area contributed by atoms with Crippen LogP contribution >= 0.6 is 11.8 Å². The molecule has 2 aliphatic rings. The molecule has 1 amide bonds. The second-order valence-electron chi connectivity index (χ2n) is 7.01. The van der Waals surface area contributed by atoms with Crippen LogP contribution in [0, 0.1) is 0 Å². The zero-order valence-electron chi connectivity index (χ0n) is 14.2. The minimum atomic E-state index is 0.0169. The van der Waals surface area contributed by atoms with Gasteiger partial charge in [-0.2, -0.15) is 0 Å². The number of hydrogen-bond acceptors (Lipinski definition) is 4. The number of amides is 1. The van der Waals surface area contributed by atoms with Crippen LogP contribution in [0.2, 0.25) is 0 Å². The van der Waals surface area contributed by atoms with E-state index in [9.17, 15) is 9.59 Å². The first-order chi connectivity index (χ1) is 12.2. The Kier molecular flexibility index (Phi) is 4.79. The average Bonchev–Trinajstić information content (AvgIpc) is 3.46. The molecular weight excluding hydrogens is 334 g/mol. The summed E-state index contributed by atoms with van der Waals surface area (Å²) in [5.41, 5.74) is 0.725. The molecule has 6 heteroatoms. The van der Waals surface area contributed by atoms with Crippen molar-refractivity contribution in [3.8, 4) is 0 Å². The monoisotopic (exact) mass is 357 g/mol. The molecule has 0 bridgehead atoms. The lowest BCUT2D eigenvalue weighted by atomic mass is 9.95. The van der Waals surface area contributed by atoms with E-state index in [0.29, 0.717) is 27.9 Å². The predicted octanol–water partition coefficient (Wildman–Crippen LogP) is 3.27. The zero-order chi connectivity index (χ0) is 17.2. The van der Waals surface area contributed by atoms with Crippen LogP contribution in [-0.4, -0.2) is 27.3 Å². The highest BCUT2D eigenvalue weighted by molar-refractivity contribution is 7.99. The Morgan fingerprint density at radius 2 is 1.92 bits per heavy atom. The minimum absolute atomic E-state index is 0.0169. The van der Waals surface area contributed by atoms with Gasteiger partial charge in [0.15, 0.2) is 5.16 Å². The summed E-state index contributed by atoms with van der Waals surface area (Å²) in [5.74, 6) is 0.357. The Labute approximate surface area is 151 Å². The fraction of sp³-hybridized carbons (Fsp3) is 0.526. The van der Waals surface area contributed by atoms with Gasteiger partial charge in [0.05, 0.1) is 16.7 Å². The van der Waals surface area contributed by atoms with Crippen LogP contribution in [0.3, 0.4) is 0 Å². The van der Waals surface area contributed by atoms with Gasteiger partial charge in [-0.15, -0.1) is 0 Å². The number of aromatic nitrogens is 2. The summed E-state index contributed by atoms with van der Waals surface area (Å²) in [6.45, 7) is 0. The molecule has 5 nitrogen and oxygen atoms in total. The topological polar surface area (TPSA) is 64.0 Å². The molecule has 4 rings (SSSR count). The van der Waals surface area contributed by atoms with Crippen molar-refractivity contribution in [3.63, 3.8) is 0 Å². The molecule has 2 aliphatic carbocycles. The molecule has 25 heavy (non-hydrogen) atoms. The van der Waals surface area contributed by atoms with Gasteiger partial charge >= 0.3 is 0 Å². The molecule has 2 aromatic rings. The fourth-order valence-electron chi connectivity index (χ4n) is 3.53. The van der Waals surface area contributed by atoms with E-state index in [0.717, 1.165) is 25.7 Å². The highest BCUT2D eigenvalue weighted by Crippen LogP contribution is 2.36. The Bertz CT molecular complexity index is 838. The van der Waals surface area contributed by atoms with Crippen LogP contribution < -0.4 is 10.9 Å². The molecule has 0 aliphatic heterocycles. The fourth-order valence-corrected chi connectivity index (χ4v) is 4.41. The second-order valence-corrected chi connectivity index (χ2v) is 7.95. The van der Waals surface area contributed by atoms with E-state index in [1.165, 1.54) is 31.0 Å². The molecule has 2 fully saturated rings. The molecule has 1 heterocycles. The van der Waals surface area contributed by atoms with Gasteiger partial charge in [0, 0.05) is 12.1 Å². The van der Waals surface area contributed by atoms with Crippen LogP contribution in [0.4, 0.5) is 0 Å². The third-order valence-corrected chi connectivity index (χ3v) is 5.94. The number of carbonyl (C=O) groups is 1. The molecule has 2 saturated carbocycles. The van der Waals surface area contributed by atoms with Crippen LogP contribution in [0.5, 0.6) is 0 Å². The maximum absolute atomic E-state index is 12.8. The summed E-state index contributed by atoms with van der Waals surface area (Å²) >= 11 is 1.38. The maximum atomic E-state index is 12.8. The number of nitrogens with one attached hydrogen (secondary N) is 1. The molecular formula is C19H23N3O2S. The van der Waals surface area contributed by atoms with Gasteiger partial charge in [0.25, 0.3) is 5.56 Å². The molecule has 1 aromatic heterocycles. The lowest BCUT2D eigenvalue weighted by molar-refractivity contribution is -0.119. The normalized spacial score (nSPS) is 18.4. The van der Waals surface area contributed by atoms with E-state index in [1.807, 2.05) is 24.3 Å². The van der Waals surface area contributed by atoms with Crippen molar-refractivity contribution >= 4 is 28.6 Å². The number of nitrogens with zero attached hydrogens (tertiary/aromatic N) is 2. The lowest BCUT2D eigenvalue weighted by Gasteiger charge is -2.22. The first-order valence-electron chi connectivity index (χ1n) is 9.16. The van der Waals surface area contributed by atoms with Gasteiger partial charge in [0.2, 0.25) is 5.91 Å².